The van der Waals surface area contributed by atoms with E-state index in [1.807, 2.05) is 0 Å². The number of hydrogen-bond acceptors (Lipinski definition) is 2. The summed E-state index contributed by atoms with van der Waals surface area (Å²) in [4.78, 5) is 25.0. The van der Waals surface area contributed by atoms with Crippen molar-refractivity contribution in [3.05, 3.63) is 99.2 Å². The monoisotopic (exact) mass is 356 g/mol. The van der Waals surface area contributed by atoms with Crippen LogP contribution in [-0.2, 0) is 6.54 Å². The lowest BCUT2D eigenvalue weighted by Crippen LogP contribution is -2.29. The zero-order valence-electron chi connectivity index (χ0n) is 13.1. The van der Waals surface area contributed by atoms with Gasteiger partial charge in [-0.3, -0.25) is 9.59 Å². The Morgan fingerprint density at radius 1 is 1.04 bits per heavy atom. The number of anilines is 1. The van der Waals surface area contributed by atoms with Gasteiger partial charge in [0.25, 0.3) is 11.5 Å². The van der Waals surface area contributed by atoms with Gasteiger partial charge in [0.2, 0.25) is 0 Å². The molecule has 1 aromatic heterocycles. The first-order chi connectivity index (χ1) is 12.0. The Bertz CT molecular complexity index is 968. The number of benzene rings is 2. The lowest BCUT2D eigenvalue weighted by molar-refractivity contribution is 0.102. The van der Waals surface area contributed by atoms with Gasteiger partial charge in [-0.15, -0.1) is 0 Å². The summed E-state index contributed by atoms with van der Waals surface area (Å²) >= 11 is 6.02. The van der Waals surface area contributed by atoms with Gasteiger partial charge in [-0.25, -0.2) is 4.39 Å². The normalized spacial score (nSPS) is 10.5. The van der Waals surface area contributed by atoms with Crippen molar-refractivity contribution in [1.82, 2.24) is 4.57 Å². The first-order valence-electron chi connectivity index (χ1n) is 7.54. The SMILES string of the molecule is O=C(Nc1ccccc1Cl)c1cccn(Cc2ccc(F)cc2)c1=O. The third-order valence-electron chi connectivity index (χ3n) is 3.65. The first kappa shape index (κ1) is 16.9. The summed E-state index contributed by atoms with van der Waals surface area (Å²) in [7, 11) is 0. The maximum Gasteiger partial charge on any atom is 0.263 e. The van der Waals surface area contributed by atoms with Crippen LogP contribution in [0.25, 0.3) is 0 Å². The fourth-order valence-corrected chi connectivity index (χ4v) is 2.56. The van der Waals surface area contributed by atoms with Crippen molar-refractivity contribution in [2.24, 2.45) is 0 Å². The van der Waals surface area contributed by atoms with E-state index in [4.69, 9.17) is 11.6 Å². The Labute approximate surface area is 148 Å². The van der Waals surface area contributed by atoms with Crippen LogP contribution in [0.5, 0.6) is 0 Å². The van der Waals surface area contributed by atoms with Crippen LogP contribution in [-0.4, -0.2) is 10.5 Å². The Hall–Kier alpha value is -2.92. The second kappa shape index (κ2) is 7.32. The van der Waals surface area contributed by atoms with Crippen molar-refractivity contribution in [1.29, 1.82) is 0 Å². The number of amides is 1. The second-order valence-corrected chi connectivity index (χ2v) is 5.82. The molecule has 2 aromatic carbocycles. The molecule has 0 fully saturated rings. The van der Waals surface area contributed by atoms with E-state index in [-0.39, 0.29) is 17.9 Å². The number of rotatable bonds is 4. The predicted molar refractivity (Wildman–Crippen MR) is 95.6 cm³/mol. The number of halogens is 2. The van der Waals surface area contributed by atoms with Crippen molar-refractivity contribution in [2.45, 2.75) is 6.54 Å². The molecular formula is C19H14ClFN2O2. The summed E-state index contributed by atoms with van der Waals surface area (Å²) in [6.45, 7) is 0.242. The highest BCUT2D eigenvalue weighted by molar-refractivity contribution is 6.33. The molecule has 4 nitrogen and oxygen atoms in total. The van der Waals surface area contributed by atoms with Crippen LogP contribution in [0.4, 0.5) is 10.1 Å². The minimum Gasteiger partial charge on any atom is -0.320 e. The third kappa shape index (κ3) is 3.95. The van der Waals surface area contributed by atoms with Crippen LogP contribution in [0, 0.1) is 5.82 Å². The minimum absolute atomic E-state index is 0.00420. The van der Waals surface area contributed by atoms with Crippen molar-refractivity contribution < 1.29 is 9.18 Å². The molecule has 3 aromatic rings. The van der Waals surface area contributed by atoms with Gasteiger partial charge in [0.05, 0.1) is 17.3 Å². The Morgan fingerprint density at radius 3 is 2.48 bits per heavy atom. The molecule has 0 saturated carbocycles. The zero-order valence-corrected chi connectivity index (χ0v) is 13.8. The maximum absolute atomic E-state index is 13.0. The number of hydrogen-bond donors (Lipinski definition) is 1. The molecule has 6 heteroatoms. The van der Waals surface area contributed by atoms with Crippen molar-refractivity contribution in [3.8, 4) is 0 Å². The number of aromatic nitrogens is 1. The van der Waals surface area contributed by atoms with E-state index in [9.17, 15) is 14.0 Å². The Kier molecular flexibility index (Phi) is 4.95. The summed E-state index contributed by atoms with van der Waals surface area (Å²) in [6.07, 6.45) is 1.58. The molecule has 0 unspecified atom stereocenters. The molecule has 126 valence electrons. The molecular weight excluding hydrogens is 343 g/mol. The number of nitrogens with zero attached hydrogens (tertiary/aromatic N) is 1. The molecule has 1 heterocycles. The van der Waals surface area contributed by atoms with Crippen LogP contribution >= 0.6 is 11.6 Å². The zero-order chi connectivity index (χ0) is 17.8. The number of nitrogens with one attached hydrogen (secondary N) is 1. The van der Waals surface area contributed by atoms with Crippen LogP contribution in [0.15, 0.2) is 71.7 Å². The molecule has 1 amide bonds. The van der Waals surface area contributed by atoms with Crippen LogP contribution < -0.4 is 10.9 Å². The van der Waals surface area contributed by atoms with Gasteiger partial charge >= 0.3 is 0 Å². The molecule has 3 rings (SSSR count). The molecule has 1 N–H and O–H groups in total. The number of pyridine rings is 1. The molecule has 25 heavy (non-hydrogen) atoms. The van der Waals surface area contributed by atoms with E-state index in [1.165, 1.54) is 22.8 Å². The molecule has 0 saturated heterocycles. The number of carbonyl (C=O) groups excluding carboxylic acids is 1. The van der Waals surface area contributed by atoms with E-state index in [1.54, 1.807) is 48.7 Å². The molecule has 0 atom stereocenters. The average Bonchev–Trinajstić information content (AvgIpc) is 2.60. The van der Waals surface area contributed by atoms with Crippen molar-refractivity contribution in [2.75, 3.05) is 5.32 Å². The molecule has 0 bridgehead atoms. The topological polar surface area (TPSA) is 51.1 Å². The van der Waals surface area contributed by atoms with Gasteiger partial charge in [-0.05, 0) is 42.0 Å². The van der Waals surface area contributed by atoms with E-state index in [0.717, 1.165) is 5.56 Å². The average molecular weight is 357 g/mol. The third-order valence-corrected chi connectivity index (χ3v) is 3.98. The summed E-state index contributed by atoms with van der Waals surface area (Å²) in [5, 5.41) is 3.02. The fraction of sp³-hybridized carbons (Fsp3) is 0.0526. The van der Waals surface area contributed by atoms with E-state index >= 15 is 0 Å². The molecule has 0 aliphatic heterocycles. The lowest BCUT2D eigenvalue weighted by Gasteiger charge is -2.10. The maximum atomic E-state index is 13.0. The van der Waals surface area contributed by atoms with Gasteiger partial charge in [-0.2, -0.15) is 0 Å². The second-order valence-electron chi connectivity index (χ2n) is 5.42. The highest BCUT2D eigenvalue weighted by Crippen LogP contribution is 2.20. The molecule has 0 aliphatic carbocycles. The molecule has 0 spiro atoms. The van der Waals surface area contributed by atoms with Crippen LogP contribution in [0.2, 0.25) is 5.02 Å². The lowest BCUT2D eigenvalue weighted by atomic mass is 10.2. The fourth-order valence-electron chi connectivity index (χ4n) is 2.37. The van der Waals surface area contributed by atoms with Gasteiger partial charge in [-0.1, -0.05) is 35.9 Å². The summed E-state index contributed by atoms with van der Waals surface area (Å²) in [6, 6.07) is 15.7. The van der Waals surface area contributed by atoms with Gasteiger partial charge in [0.15, 0.2) is 0 Å². The first-order valence-corrected chi connectivity index (χ1v) is 7.92. The quantitative estimate of drug-likeness (QED) is 0.769. The summed E-state index contributed by atoms with van der Waals surface area (Å²) in [5.41, 5.74) is 0.760. The predicted octanol–water partition coefficient (Wildman–Crippen LogP) is 3.94. The van der Waals surface area contributed by atoms with Crippen LogP contribution in [0.1, 0.15) is 15.9 Å². The smallest absolute Gasteiger partial charge is 0.263 e. The highest BCUT2D eigenvalue weighted by atomic mass is 35.5. The minimum atomic E-state index is -0.536. The summed E-state index contributed by atoms with van der Waals surface area (Å²) < 4.78 is 14.4. The largest absolute Gasteiger partial charge is 0.320 e. The Morgan fingerprint density at radius 2 is 1.76 bits per heavy atom. The van der Waals surface area contributed by atoms with Gasteiger partial charge < -0.3 is 9.88 Å². The van der Waals surface area contributed by atoms with Gasteiger partial charge in [0.1, 0.15) is 11.4 Å². The highest BCUT2D eigenvalue weighted by Gasteiger charge is 2.13. The van der Waals surface area contributed by atoms with E-state index in [0.29, 0.717) is 10.7 Å². The van der Waals surface area contributed by atoms with Crippen molar-refractivity contribution >= 4 is 23.2 Å². The van der Waals surface area contributed by atoms with Gasteiger partial charge in [0, 0.05) is 6.20 Å². The number of para-hydroxylation sites is 1. The van der Waals surface area contributed by atoms with Crippen molar-refractivity contribution in [3.63, 3.8) is 0 Å². The molecule has 0 radical (unpaired) electrons. The number of carbonyl (C=O) groups is 1. The van der Waals surface area contributed by atoms with E-state index < -0.39 is 11.5 Å². The summed E-state index contributed by atoms with van der Waals surface area (Å²) in [5.74, 6) is -0.879. The molecule has 0 aliphatic rings. The van der Waals surface area contributed by atoms with Crippen LogP contribution in [0.3, 0.4) is 0 Å². The standard InChI is InChI=1S/C19H14ClFN2O2/c20-16-5-1-2-6-17(16)22-18(24)15-4-3-11-23(19(15)25)12-13-7-9-14(21)10-8-13/h1-11H,12H2,(H,22,24). The Balaban J connectivity index is 1.85. The van der Waals surface area contributed by atoms with E-state index in [2.05, 4.69) is 5.32 Å².